The Labute approximate surface area is 239 Å². The summed E-state index contributed by atoms with van der Waals surface area (Å²) < 4.78 is 22.2. The molecule has 0 aromatic heterocycles. The van der Waals surface area contributed by atoms with Crippen molar-refractivity contribution in [2.45, 2.75) is 116 Å². The summed E-state index contributed by atoms with van der Waals surface area (Å²) in [5, 5.41) is 0. The standard InChI is InChI=1S/C31H56NO6P/c1-5-7-8-9-10-11-12-13-14-15-16-17-20-28-21-18-22-29(25-28)35-26-30(38-31(33)6-2)27-37-39(34)36-24-19-23-32(3)4/h18,21-22,25,30,34H,5-17,19-20,23-24,26-27H2,1-4H3/p+1. The topological polar surface area (TPSA) is 78.7 Å². The van der Waals surface area contributed by atoms with Gasteiger partial charge in [0.2, 0.25) is 0 Å². The second-order valence-corrected chi connectivity index (χ2v) is 11.7. The van der Waals surface area contributed by atoms with Gasteiger partial charge in [-0.2, -0.15) is 0 Å². The minimum atomic E-state index is -2.02. The van der Waals surface area contributed by atoms with Crippen molar-refractivity contribution in [2.75, 3.05) is 40.5 Å². The summed E-state index contributed by atoms with van der Waals surface area (Å²) in [6.07, 6.45) is 17.7. The van der Waals surface area contributed by atoms with Crippen molar-refractivity contribution >= 4 is 14.6 Å². The highest BCUT2D eigenvalue weighted by Crippen LogP contribution is 2.33. The number of aryl methyl sites for hydroxylation is 1. The minimum Gasteiger partial charge on any atom is -0.490 e. The Morgan fingerprint density at radius 1 is 0.872 bits per heavy atom. The maximum Gasteiger partial charge on any atom is 0.329 e. The van der Waals surface area contributed by atoms with Gasteiger partial charge in [0, 0.05) is 12.8 Å². The number of benzene rings is 1. The Morgan fingerprint density at radius 3 is 2.13 bits per heavy atom. The van der Waals surface area contributed by atoms with Crippen LogP contribution in [0.1, 0.15) is 109 Å². The van der Waals surface area contributed by atoms with Gasteiger partial charge in [-0.3, -0.25) is 4.79 Å². The normalized spacial score (nSPS) is 13.0. The number of carbonyl (C=O) groups excluding carboxylic acids is 1. The minimum absolute atomic E-state index is 0.0193. The van der Waals surface area contributed by atoms with Crippen LogP contribution in [-0.2, 0) is 25.0 Å². The number of hydrogen-bond donors (Lipinski definition) is 2. The van der Waals surface area contributed by atoms with E-state index in [0.29, 0.717) is 6.61 Å². The lowest BCUT2D eigenvalue weighted by Gasteiger charge is -2.20. The lowest BCUT2D eigenvalue weighted by Crippen LogP contribution is -3.05. The first-order valence-corrected chi connectivity index (χ1v) is 16.5. The molecule has 0 radical (unpaired) electrons. The van der Waals surface area contributed by atoms with Crippen molar-refractivity contribution in [1.29, 1.82) is 0 Å². The second-order valence-electron chi connectivity index (χ2n) is 10.7. The molecule has 0 saturated carbocycles. The number of nitrogens with one attached hydrogen (secondary N) is 1. The second kappa shape index (κ2) is 24.5. The maximum atomic E-state index is 11.9. The molecule has 2 N–H and O–H groups in total. The van der Waals surface area contributed by atoms with E-state index in [-0.39, 0.29) is 25.6 Å². The van der Waals surface area contributed by atoms with Crippen molar-refractivity contribution in [2.24, 2.45) is 0 Å². The van der Waals surface area contributed by atoms with Crippen LogP contribution in [0, 0.1) is 0 Å². The van der Waals surface area contributed by atoms with Gasteiger partial charge in [-0.15, -0.1) is 0 Å². The number of unbranched alkanes of at least 4 members (excludes halogenated alkanes) is 11. The molecule has 0 fully saturated rings. The van der Waals surface area contributed by atoms with Crippen LogP contribution in [0.15, 0.2) is 24.3 Å². The zero-order valence-corrected chi connectivity index (χ0v) is 26.2. The predicted octanol–water partition coefficient (Wildman–Crippen LogP) is 6.42. The van der Waals surface area contributed by atoms with Gasteiger partial charge in [-0.1, -0.05) is 96.6 Å². The number of hydrogen-bond acceptors (Lipinski definition) is 6. The van der Waals surface area contributed by atoms with Crippen LogP contribution >= 0.6 is 8.60 Å². The molecule has 1 aromatic carbocycles. The molecule has 0 aliphatic rings. The molecule has 8 heteroatoms. The van der Waals surface area contributed by atoms with Gasteiger partial charge < -0.3 is 28.3 Å². The van der Waals surface area contributed by atoms with Gasteiger partial charge in [-0.05, 0) is 30.5 Å². The molecule has 1 rings (SSSR count). The third kappa shape index (κ3) is 21.2. The largest absolute Gasteiger partial charge is 0.490 e. The van der Waals surface area contributed by atoms with Crippen LogP contribution in [0.2, 0.25) is 0 Å². The van der Waals surface area contributed by atoms with Crippen LogP contribution in [0.25, 0.3) is 0 Å². The zero-order valence-electron chi connectivity index (χ0n) is 25.3. The molecule has 0 bridgehead atoms. The first-order valence-electron chi connectivity index (χ1n) is 15.4. The Bertz CT molecular complexity index is 720. The molecular formula is C31H57NO6P+. The average molecular weight is 571 g/mol. The van der Waals surface area contributed by atoms with E-state index in [1.807, 2.05) is 12.1 Å². The highest BCUT2D eigenvalue weighted by atomic mass is 31.2. The van der Waals surface area contributed by atoms with Crippen molar-refractivity contribution in [3.63, 3.8) is 0 Å². The summed E-state index contributed by atoms with van der Waals surface area (Å²) in [4.78, 5) is 23.2. The summed E-state index contributed by atoms with van der Waals surface area (Å²) in [7, 11) is 2.12. The lowest BCUT2D eigenvalue weighted by atomic mass is 10.0. The fourth-order valence-corrected chi connectivity index (χ4v) is 4.94. The van der Waals surface area contributed by atoms with Crippen molar-refractivity contribution in [1.82, 2.24) is 0 Å². The van der Waals surface area contributed by atoms with E-state index in [1.54, 1.807) is 6.92 Å². The highest BCUT2D eigenvalue weighted by Gasteiger charge is 2.18. The number of carbonyl (C=O) groups is 1. The van der Waals surface area contributed by atoms with Gasteiger partial charge in [-0.25, -0.2) is 0 Å². The van der Waals surface area contributed by atoms with Crippen molar-refractivity contribution in [3.8, 4) is 5.75 Å². The van der Waals surface area contributed by atoms with Crippen LogP contribution in [-0.4, -0.2) is 57.4 Å². The number of ether oxygens (including phenoxy) is 2. The first kappa shape index (κ1) is 35.8. The van der Waals surface area contributed by atoms with Crippen molar-refractivity contribution in [3.05, 3.63) is 29.8 Å². The third-order valence-electron chi connectivity index (χ3n) is 6.63. The van der Waals surface area contributed by atoms with Crippen LogP contribution in [0.3, 0.4) is 0 Å². The molecule has 2 unspecified atom stereocenters. The van der Waals surface area contributed by atoms with Crippen LogP contribution in [0.5, 0.6) is 5.75 Å². The fourth-order valence-electron chi connectivity index (χ4n) is 4.29. The molecule has 7 nitrogen and oxygen atoms in total. The summed E-state index contributed by atoms with van der Waals surface area (Å²) >= 11 is 0. The molecule has 0 amide bonds. The molecule has 226 valence electrons. The SMILES string of the molecule is CCCCCCCCCCCCCCc1cccc(OCC(COP(O)OCCC[NH+](C)C)OC(=O)CC)c1. The lowest BCUT2D eigenvalue weighted by molar-refractivity contribution is -0.858. The number of quaternary nitrogens is 1. The summed E-state index contributed by atoms with van der Waals surface area (Å²) in [5.41, 5.74) is 1.25. The molecule has 0 saturated heterocycles. The van der Waals surface area contributed by atoms with E-state index in [2.05, 4.69) is 33.2 Å². The van der Waals surface area contributed by atoms with Crippen molar-refractivity contribution < 1.29 is 33.1 Å². The Hall–Kier alpha value is -1.24. The predicted molar refractivity (Wildman–Crippen MR) is 160 cm³/mol. The van der Waals surface area contributed by atoms with Crippen LogP contribution in [0.4, 0.5) is 0 Å². The molecule has 0 aliphatic heterocycles. The van der Waals surface area contributed by atoms with E-state index in [9.17, 15) is 9.69 Å². The summed E-state index contributed by atoms with van der Waals surface area (Å²) in [6, 6.07) is 8.12. The van der Waals surface area contributed by atoms with Gasteiger partial charge in [0.1, 0.15) is 12.4 Å². The molecule has 0 heterocycles. The van der Waals surface area contributed by atoms with Crippen LogP contribution < -0.4 is 9.64 Å². The third-order valence-corrected chi connectivity index (χ3v) is 7.41. The van der Waals surface area contributed by atoms with E-state index >= 15 is 0 Å². The smallest absolute Gasteiger partial charge is 0.329 e. The number of esters is 1. The monoisotopic (exact) mass is 570 g/mol. The number of rotatable bonds is 26. The molecule has 0 aliphatic carbocycles. The van der Waals surface area contributed by atoms with Gasteiger partial charge in [0.25, 0.3) is 0 Å². The molecule has 2 atom stereocenters. The Balaban J connectivity index is 2.29. The quantitative estimate of drug-likeness (QED) is 0.0761. The fraction of sp³-hybridized carbons (Fsp3) is 0.774. The van der Waals surface area contributed by atoms with E-state index < -0.39 is 14.7 Å². The summed E-state index contributed by atoms with van der Waals surface area (Å²) in [6.45, 7) is 5.57. The molecule has 0 spiro atoms. The van der Waals surface area contributed by atoms with E-state index in [0.717, 1.165) is 25.1 Å². The van der Waals surface area contributed by atoms with Gasteiger partial charge in [0.05, 0.1) is 33.9 Å². The Morgan fingerprint density at radius 2 is 1.51 bits per heavy atom. The van der Waals surface area contributed by atoms with E-state index in [1.165, 1.54) is 87.5 Å². The van der Waals surface area contributed by atoms with Gasteiger partial charge >= 0.3 is 14.6 Å². The van der Waals surface area contributed by atoms with E-state index in [4.69, 9.17) is 18.5 Å². The van der Waals surface area contributed by atoms with Gasteiger partial charge in [0.15, 0.2) is 6.10 Å². The average Bonchev–Trinajstić information content (AvgIpc) is 2.93. The summed E-state index contributed by atoms with van der Waals surface area (Å²) in [5.74, 6) is 0.419. The molecule has 39 heavy (non-hydrogen) atoms. The zero-order chi connectivity index (χ0) is 28.6. The maximum absolute atomic E-state index is 11.9. The Kier molecular flexibility index (Phi) is 22.5. The highest BCUT2D eigenvalue weighted by molar-refractivity contribution is 7.40. The molecule has 1 aromatic rings. The molecular weight excluding hydrogens is 513 g/mol. The first-order chi connectivity index (χ1) is 18.9.